The summed E-state index contributed by atoms with van der Waals surface area (Å²) in [4.78, 5) is 11.0. The van der Waals surface area contributed by atoms with Crippen molar-refractivity contribution in [2.75, 3.05) is 5.32 Å². The predicted octanol–water partition coefficient (Wildman–Crippen LogP) is 2.60. The monoisotopic (exact) mass is 276 g/mol. The number of anilines is 1. The Bertz CT molecular complexity index is 609. The van der Waals surface area contributed by atoms with Gasteiger partial charge >= 0.3 is 0 Å². The minimum Gasteiger partial charge on any atom is -0.381 e. The maximum atomic E-state index is 13.5. The molecule has 0 aliphatic carbocycles. The molecule has 2 aromatic rings. The standard InChI is InChI=1S/C15H14F2N2O/c16-12-5-3-6-13(17)11(12)9-19-14-7-2-1-4-10(14)8-15(18)20/h1-7,19H,8-9H2,(H2,18,20). The van der Waals surface area contributed by atoms with Gasteiger partial charge in [0.1, 0.15) is 11.6 Å². The van der Waals surface area contributed by atoms with Crippen molar-refractivity contribution in [3.63, 3.8) is 0 Å². The molecule has 0 heterocycles. The number of primary amides is 1. The van der Waals surface area contributed by atoms with Crippen LogP contribution in [0.2, 0.25) is 0 Å². The molecular formula is C15H14F2N2O. The molecule has 0 aliphatic rings. The van der Waals surface area contributed by atoms with E-state index in [1.54, 1.807) is 24.3 Å². The maximum absolute atomic E-state index is 13.5. The van der Waals surface area contributed by atoms with E-state index in [0.717, 1.165) is 0 Å². The van der Waals surface area contributed by atoms with Crippen molar-refractivity contribution in [1.82, 2.24) is 0 Å². The SMILES string of the molecule is NC(=O)Cc1ccccc1NCc1c(F)cccc1F. The summed E-state index contributed by atoms with van der Waals surface area (Å²) in [6, 6.07) is 10.7. The summed E-state index contributed by atoms with van der Waals surface area (Å²) < 4.78 is 27.0. The lowest BCUT2D eigenvalue weighted by atomic mass is 10.1. The number of nitrogens with two attached hydrogens (primary N) is 1. The quantitative estimate of drug-likeness (QED) is 0.882. The zero-order chi connectivity index (χ0) is 14.5. The van der Waals surface area contributed by atoms with Crippen LogP contribution in [0.3, 0.4) is 0 Å². The van der Waals surface area contributed by atoms with Crippen LogP contribution in [0, 0.1) is 11.6 Å². The van der Waals surface area contributed by atoms with Gasteiger partial charge in [0, 0.05) is 17.8 Å². The van der Waals surface area contributed by atoms with Gasteiger partial charge in [-0.3, -0.25) is 4.79 Å². The van der Waals surface area contributed by atoms with Crippen molar-refractivity contribution < 1.29 is 13.6 Å². The normalized spacial score (nSPS) is 10.3. The molecule has 0 aliphatic heterocycles. The minimum atomic E-state index is -0.607. The number of benzene rings is 2. The Balaban J connectivity index is 2.17. The molecule has 0 saturated heterocycles. The lowest BCUT2D eigenvalue weighted by Gasteiger charge is -2.12. The molecule has 5 heteroatoms. The van der Waals surface area contributed by atoms with E-state index >= 15 is 0 Å². The lowest BCUT2D eigenvalue weighted by Crippen LogP contribution is -2.15. The molecule has 3 N–H and O–H groups in total. The molecule has 104 valence electrons. The maximum Gasteiger partial charge on any atom is 0.221 e. The van der Waals surface area contributed by atoms with Crippen LogP contribution in [0.5, 0.6) is 0 Å². The highest BCUT2D eigenvalue weighted by Gasteiger charge is 2.09. The fraction of sp³-hybridized carbons (Fsp3) is 0.133. The fourth-order valence-electron chi connectivity index (χ4n) is 1.92. The summed E-state index contributed by atoms with van der Waals surface area (Å²) in [6.07, 6.45) is 0.0723. The Morgan fingerprint density at radius 2 is 1.70 bits per heavy atom. The van der Waals surface area contributed by atoms with Crippen molar-refractivity contribution in [2.24, 2.45) is 5.73 Å². The van der Waals surface area contributed by atoms with Crippen molar-refractivity contribution in [3.05, 3.63) is 65.2 Å². The zero-order valence-electron chi connectivity index (χ0n) is 10.7. The van der Waals surface area contributed by atoms with Crippen LogP contribution in [0.1, 0.15) is 11.1 Å². The first-order chi connectivity index (χ1) is 9.58. The molecule has 20 heavy (non-hydrogen) atoms. The van der Waals surface area contributed by atoms with Gasteiger partial charge in [-0.1, -0.05) is 24.3 Å². The summed E-state index contributed by atoms with van der Waals surface area (Å²) in [5.74, 6) is -1.67. The molecule has 0 unspecified atom stereocenters. The van der Waals surface area contributed by atoms with Crippen LogP contribution in [-0.4, -0.2) is 5.91 Å². The number of para-hydroxylation sites is 1. The molecule has 0 bridgehead atoms. The number of hydrogen-bond acceptors (Lipinski definition) is 2. The Kier molecular flexibility index (Phi) is 4.30. The summed E-state index contributed by atoms with van der Waals surface area (Å²) >= 11 is 0. The van der Waals surface area contributed by atoms with E-state index in [-0.39, 0.29) is 18.5 Å². The second kappa shape index (κ2) is 6.14. The van der Waals surface area contributed by atoms with Crippen molar-refractivity contribution in [3.8, 4) is 0 Å². The van der Waals surface area contributed by atoms with E-state index in [1.807, 2.05) is 0 Å². The van der Waals surface area contributed by atoms with Gasteiger partial charge in [0.2, 0.25) is 5.91 Å². The Morgan fingerprint density at radius 1 is 1.05 bits per heavy atom. The van der Waals surface area contributed by atoms with Crippen LogP contribution in [0.4, 0.5) is 14.5 Å². The van der Waals surface area contributed by atoms with Crippen LogP contribution >= 0.6 is 0 Å². The van der Waals surface area contributed by atoms with Crippen molar-refractivity contribution >= 4 is 11.6 Å². The van der Waals surface area contributed by atoms with Gasteiger partial charge in [-0.05, 0) is 23.8 Å². The molecule has 2 aromatic carbocycles. The van der Waals surface area contributed by atoms with Crippen LogP contribution in [0.15, 0.2) is 42.5 Å². The molecule has 3 nitrogen and oxygen atoms in total. The van der Waals surface area contributed by atoms with Crippen molar-refractivity contribution in [1.29, 1.82) is 0 Å². The average molecular weight is 276 g/mol. The molecule has 2 rings (SSSR count). The number of hydrogen-bond donors (Lipinski definition) is 2. The average Bonchev–Trinajstić information content (AvgIpc) is 2.39. The molecular weight excluding hydrogens is 262 g/mol. The fourth-order valence-corrected chi connectivity index (χ4v) is 1.92. The van der Waals surface area contributed by atoms with Crippen LogP contribution in [-0.2, 0) is 17.8 Å². The highest BCUT2D eigenvalue weighted by molar-refractivity contribution is 5.78. The van der Waals surface area contributed by atoms with Gasteiger partial charge in [-0.25, -0.2) is 8.78 Å². The van der Waals surface area contributed by atoms with Crippen molar-refractivity contribution in [2.45, 2.75) is 13.0 Å². The predicted molar refractivity (Wildman–Crippen MR) is 73.0 cm³/mol. The largest absolute Gasteiger partial charge is 0.381 e. The first kappa shape index (κ1) is 14.0. The van der Waals surface area contributed by atoms with E-state index in [2.05, 4.69) is 5.32 Å². The highest BCUT2D eigenvalue weighted by Crippen LogP contribution is 2.19. The van der Waals surface area contributed by atoms with Gasteiger partial charge < -0.3 is 11.1 Å². The Labute approximate surface area is 115 Å². The third-order valence-corrected chi connectivity index (χ3v) is 2.90. The first-order valence-corrected chi connectivity index (χ1v) is 6.11. The number of amides is 1. The highest BCUT2D eigenvalue weighted by atomic mass is 19.1. The second-order valence-electron chi connectivity index (χ2n) is 4.35. The Hall–Kier alpha value is -2.43. The van der Waals surface area contributed by atoms with E-state index in [4.69, 9.17) is 5.73 Å². The van der Waals surface area contributed by atoms with E-state index < -0.39 is 17.5 Å². The topological polar surface area (TPSA) is 55.1 Å². The Morgan fingerprint density at radius 3 is 2.35 bits per heavy atom. The van der Waals surface area contributed by atoms with Gasteiger partial charge in [0.25, 0.3) is 0 Å². The van der Waals surface area contributed by atoms with Gasteiger partial charge in [0.15, 0.2) is 0 Å². The molecule has 0 saturated carbocycles. The third-order valence-electron chi connectivity index (χ3n) is 2.90. The molecule has 0 spiro atoms. The smallest absolute Gasteiger partial charge is 0.221 e. The summed E-state index contributed by atoms with van der Waals surface area (Å²) in [5, 5.41) is 2.93. The van der Waals surface area contributed by atoms with E-state index in [9.17, 15) is 13.6 Å². The number of rotatable bonds is 5. The van der Waals surface area contributed by atoms with E-state index in [0.29, 0.717) is 11.3 Å². The van der Waals surface area contributed by atoms with E-state index in [1.165, 1.54) is 18.2 Å². The molecule has 0 aromatic heterocycles. The number of halogens is 2. The van der Waals surface area contributed by atoms with Gasteiger partial charge in [-0.15, -0.1) is 0 Å². The van der Waals surface area contributed by atoms with Crippen LogP contribution in [0.25, 0.3) is 0 Å². The number of carbonyl (C=O) groups is 1. The first-order valence-electron chi connectivity index (χ1n) is 6.11. The number of nitrogens with one attached hydrogen (secondary N) is 1. The number of carbonyl (C=O) groups excluding carboxylic acids is 1. The molecule has 0 fully saturated rings. The summed E-state index contributed by atoms with van der Waals surface area (Å²) in [7, 11) is 0. The third kappa shape index (κ3) is 3.32. The minimum absolute atomic E-state index is 0.00567. The lowest BCUT2D eigenvalue weighted by molar-refractivity contribution is -0.117. The van der Waals surface area contributed by atoms with Crippen LogP contribution < -0.4 is 11.1 Å². The molecule has 0 radical (unpaired) electrons. The second-order valence-corrected chi connectivity index (χ2v) is 4.35. The zero-order valence-corrected chi connectivity index (χ0v) is 10.7. The summed E-state index contributed by atoms with van der Waals surface area (Å²) in [5.41, 5.74) is 6.45. The van der Waals surface area contributed by atoms with Gasteiger partial charge in [-0.2, -0.15) is 0 Å². The molecule has 1 amide bonds. The molecule has 0 atom stereocenters. The summed E-state index contributed by atoms with van der Waals surface area (Å²) in [6.45, 7) is -0.00567. The van der Waals surface area contributed by atoms with Gasteiger partial charge in [0.05, 0.1) is 6.42 Å².